The first-order valence-electron chi connectivity index (χ1n) is 10.6. The van der Waals surface area contributed by atoms with E-state index in [-0.39, 0.29) is 0 Å². The summed E-state index contributed by atoms with van der Waals surface area (Å²) in [7, 11) is 0. The van der Waals surface area contributed by atoms with E-state index in [0.717, 1.165) is 64.3 Å². The highest BCUT2D eigenvalue weighted by Crippen LogP contribution is 2.26. The molecule has 0 bridgehead atoms. The van der Waals surface area contributed by atoms with Gasteiger partial charge in [0.1, 0.15) is 12.4 Å². The molecule has 1 atom stereocenters. The van der Waals surface area contributed by atoms with Crippen molar-refractivity contribution in [2.24, 2.45) is 0 Å². The molecular weight excluding hydrogens is 340 g/mol. The molecule has 1 aromatic carbocycles. The maximum Gasteiger partial charge on any atom is 0.222 e. The van der Waals surface area contributed by atoms with Crippen LogP contribution in [0.4, 0.5) is 0 Å². The van der Waals surface area contributed by atoms with E-state index >= 15 is 0 Å². The molecule has 0 saturated carbocycles. The zero-order valence-electron chi connectivity index (χ0n) is 16.3. The van der Waals surface area contributed by atoms with E-state index < -0.39 is 0 Å². The lowest BCUT2D eigenvalue weighted by Gasteiger charge is -2.34. The number of fused-ring (bicyclic) bond motifs is 1. The first kappa shape index (κ1) is 18.8. The average molecular weight is 373 g/mol. The highest BCUT2D eigenvalue weighted by Gasteiger charge is 2.23. The minimum absolute atomic E-state index is 0.291. The van der Waals surface area contributed by atoms with Crippen molar-refractivity contribution in [1.82, 2.24) is 9.80 Å². The quantitative estimate of drug-likeness (QED) is 0.738. The monoisotopic (exact) mass is 372 g/mol. The summed E-state index contributed by atoms with van der Waals surface area (Å²) in [5, 5.41) is 0. The molecule has 2 heterocycles. The van der Waals surface area contributed by atoms with Crippen LogP contribution in [0.15, 0.2) is 18.2 Å². The molecule has 2 fully saturated rings. The van der Waals surface area contributed by atoms with E-state index in [2.05, 4.69) is 23.1 Å². The zero-order valence-corrected chi connectivity index (χ0v) is 16.3. The first-order valence-corrected chi connectivity index (χ1v) is 10.6. The summed E-state index contributed by atoms with van der Waals surface area (Å²) < 4.78 is 11.6. The molecule has 0 aromatic heterocycles. The van der Waals surface area contributed by atoms with Gasteiger partial charge < -0.3 is 14.4 Å². The van der Waals surface area contributed by atoms with E-state index in [1.54, 1.807) is 0 Å². The number of carbonyl (C=O) groups is 1. The number of aryl methyl sites for hydroxylation is 2. The molecule has 1 aliphatic carbocycles. The number of hydrogen-bond donors (Lipinski definition) is 0. The molecule has 2 saturated heterocycles. The highest BCUT2D eigenvalue weighted by molar-refractivity contribution is 5.76. The topological polar surface area (TPSA) is 42.0 Å². The van der Waals surface area contributed by atoms with Crippen molar-refractivity contribution in [3.8, 4) is 5.75 Å². The van der Waals surface area contributed by atoms with Gasteiger partial charge in [0.2, 0.25) is 5.91 Å². The van der Waals surface area contributed by atoms with Crippen molar-refractivity contribution >= 4 is 5.91 Å². The molecule has 0 N–H and O–H groups in total. The van der Waals surface area contributed by atoms with Gasteiger partial charge in [-0.3, -0.25) is 9.69 Å². The fraction of sp³-hybridized carbons (Fsp3) is 0.682. The molecule has 1 aromatic rings. The van der Waals surface area contributed by atoms with Crippen LogP contribution in [0.1, 0.15) is 43.2 Å². The van der Waals surface area contributed by atoms with Gasteiger partial charge in [-0.05, 0) is 61.8 Å². The Morgan fingerprint density at radius 3 is 2.78 bits per heavy atom. The van der Waals surface area contributed by atoms with Crippen molar-refractivity contribution in [3.63, 3.8) is 0 Å². The first-order chi connectivity index (χ1) is 13.3. The Labute approximate surface area is 162 Å². The Morgan fingerprint density at radius 2 is 1.96 bits per heavy atom. The van der Waals surface area contributed by atoms with Crippen molar-refractivity contribution in [2.75, 3.05) is 45.9 Å². The summed E-state index contributed by atoms with van der Waals surface area (Å²) in [6, 6.07) is 6.54. The summed E-state index contributed by atoms with van der Waals surface area (Å²) in [5.74, 6) is 1.29. The van der Waals surface area contributed by atoms with E-state index in [4.69, 9.17) is 9.47 Å². The Morgan fingerprint density at radius 1 is 1.11 bits per heavy atom. The second kappa shape index (κ2) is 9.07. The van der Waals surface area contributed by atoms with Crippen molar-refractivity contribution in [1.29, 1.82) is 0 Å². The Kier molecular flexibility index (Phi) is 6.30. The van der Waals surface area contributed by atoms with Crippen LogP contribution >= 0.6 is 0 Å². The van der Waals surface area contributed by atoms with Gasteiger partial charge in [0.15, 0.2) is 0 Å². The van der Waals surface area contributed by atoms with Crippen LogP contribution < -0.4 is 4.74 Å². The van der Waals surface area contributed by atoms with E-state index in [1.165, 1.54) is 30.4 Å². The van der Waals surface area contributed by atoms with E-state index in [1.807, 2.05) is 4.90 Å². The number of amides is 1. The molecule has 4 rings (SSSR count). The molecule has 0 radical (unpaired) electrons. The largest absolute Gasteiger partial charge is 0.492 e. The molecular formula is C22H32N2O3. The third-order valence-corrected chi connectivity index (χ3v) is 6.18. The van der Waals surface area contributed by atoms with Crippen molar-refractivity contribution in [2.45, 2.75) is 51.0 Å². The van der Waals surface area contributed by atoms with Crippen molar-refractivity contribution < 1.29 is 14.3 Å². The summed E-state index contributed by atoms with van der Waals surface area (Å²) >= 11 is 0. The fourth-order valence-corrected chi connectivity index (χ4v) is 4.47. The van der Waals surface area contributed by atoms with Gasteiger partial charge in [0, 0.05) is 45.8 Å². The lowest BCUT2D eigenvalue weighted by atomic mass is 10.1. The van der Waals surface area contributed by atoms with Crippen LogP contribution in [0, 0.1) is 0 Å². The molecule has 5 nitrogen and oxygen atoms in total. The molecule has 1 amide bonds. The summed E-state index contributed by atoms with van der Waals surface area (Å²) in [5.41, 5.74) is 2.95. The van der Waals surface area contributed by atoms with Gasteiger partial charge in [-0.25, -0.2) is 0 Å². The summed E-state index contributed by atoms with van der Waals surface area (Å²) in [6.45, 7) is 6.07. The number of rotatable bonds is 7. The minimum Gasteiger partial charge on any atom is -0.492 e. The maximum atomic E-state index is 12.4. The SMILES string of the molecule is O=C(CC[C@@H]1CCCO1)N1CCN(CCOc2ccc3c(c2)CCC3)CC1. The van der Waals surface area contributed by atoms with Crippen molar-refractivity contribution in [3.05, 3.63) is 29.3 Å². The predicted molar refractivity (Wildman–Crippen MR) is 105 cm³/mol. The van der Waals surface area contributed by atoms with Gasteiger partial charge in [0.25, 0.3) is 0 Å². The Hall–Kier alpha value is -1.59. The van der Waals surface area contributed by atoms with Gasteiger partial charge in [-0.2, -0.15) is 0 Å². The van der Waals surface area contributed by atoms with Gasteiger partial charge in [0.05, 0.1) is 6.10 Å². The Bertz CT molecular complexity index is 634. The second-order valence-corrected chi connectivity index (χ2v) is 8.03. The second-order valence-electron chi connectivity index (χ2n) is 8.03. The molecule has 148 valence electrons. The predicted octanol–water partition coefficient (Wildman–Crippen LogP) is 2.66. The number of hydrogen-bond acceptors (Lipinski definition) is 4. The zero-order chi connectivity index (χ0) is 18.5. The number of piperazine rings is 1. The van der Waals surface area contributed by atoms with Gasteiger partial charge in [-0.1, -0.05) is 6.07 Å². The smallest absolute Gasteiger partial charge is 0.222 e. The number of benzene rings is 1. The molecule has 27 heavy (non-hydrogen) atoms. The molecule has 2 aliphatic heterocycles. The lowest BCUT2D eigenvalue weighted by Crippen LogP contribution is -2.49. The molecule has 5 heteroatoms. The van der Waals surface area contributed by atoms with Gasteiger partial charge >= 0.3 is 0 Å². The highest BCUT2D eigenvalue weighted by atomic mass is 16.5. The standard InChI is InChI=1S/C22H32N2O3/c25-22(9-8-20-5-2-15-26-20)24-12-10-23(11-13-24)14-16-27-21-7-6-18-3-1-4-19(18)17-21/h6-7,17,20H,1-5,8-16H2/t20-/m0/s1. The average Bonchev–Trinajstić information content (AvgIpc) is 3.38. The van der Waals surface area contributed by atoms with Crippen LogP contribution in [0.3, 0.4) is 0 Å². The number of carbonyl (C=O) groups excluding carboxylic acids is 1. The number of nitrogens with zero attached hydrogens (tertiary/aromatic N) is 2. The third-order valence-electron chi connectivity index (χ3n) is 6.18. The van der Waals surface area contributed by atoms with Gasteiger partial charge in [-0.15, -0.1) is 0 Å². The van der Waals surface area contributed by atoms with Crippen LogP contribution in [0.2, 0.25) is 0 Å². The normalized spacial score (nSPS) is 22.8. The fourth-order valence-electron chi connectivity index (χ4n) is 4.47. The molecule has 0 spiro atoms. The number of ether oxygens (including phenoxy) is 2. The maximum absolute atomic E-state index is 12.4. The van der Waals surface area contributed by atoms with Crippen LogP contribution in [0.5, 0.6) is 5.75 Å². The van der Waals surface area contributed by atoms with E-state index in [0.29, 0.717) is 25.0 Å². The summed E-state index contributed by atoms with van der Waals surface area (Å²) in [4.78, 5) is 16.8. The lowest BCUT2D eigenvalue weighted by molar-refractivity contribution is -0.133. The molecule has 0 unspecified atom stereocenters. The summed E-state index contributed by atoms with van der Waals surface area (Å²) in [6.07, 6.45) is 7.76. The van der Waals surface area contributed by atoms with Crippen LogP contribution in [-0.2, 0) is 22.4 Å². The van der Waals surface area contributed by atoms with Crippen LogP contribution in [-0.4, -0.2) is 67.7 Å². The minimum atomic E-state index is 0.291. The van der Waals surface area contributed by atoms with E-state index in [9.17, 15) is 4.79 Å². The third kappa shape index (κ3) is 5.02. The Balaban J connectivity index is 1.13. The molecule has 3 aliphatic rings. The van der Waals surface area contributed by atoms with Crippen LogP contribution in [0.25, 0.3) is 0 Å².